The van der Waals surface area contributed by atoms with Gasteiger partial charge in [0.05, 0.1) is 17.3 Å². The first kappa shape index (κ1) is 24.1. The normalized spacial score (nSPS) is 28.9. The molecule has 2 heterocycles. The number of benzene rings is 1. The second-order valence-electron chi connectivity index (χ2n) is 8.04. The van der Waals surface area contributed by atoms with E-state index in [4.69, 9.17) is 23.7 Å². The van der Waals surface area contributed by atoms with Crippen molar-refractivity contribution in [3.63, 3.8) is 0 Å². The summed E-state index contributed by atoms with van der Waals surface area (Å²) in [4.78, 5) is 0. The van der Waals surface area contributed by atoms with Crippen LogP contribution in [0.1, 0.15) is 32.8 Å². The van der Waals surface area contributed by atoms with Crippen LogP contribution in [0.4, 0.5) is 0 Å². The van der Waals surface area contributed by atoms with Gasteiger partial charge in [0, 0.05) is 7.11 Å². The van der Waals surface area contributed by atoms with Gasteiger partial charge in [-0.05, 0) is 44.3 Å². The third kappa shape index (κ3) is 5.63. The van der Waals surface area contributed by atoms with E-state index in [-0.39, 0.29) is 29.7 Å². The molecule has 0 unspecified atom stereocenters. The molecular weight excluding hydrogens is 420 g/mol. The topological polar surface area (TPSA) is 46.2 Å². The fourth-order valence-corrected chi connectivity index (χ4v) is 7.00. The molecule has 168 valence electrons. The van der Waals surface area contributed by atoms with E-state index < -0.39 is 11.4 Å². The maximum Gasteiger partial charge on any atom is 0.164 e. The van der Waals surface area contributed by atoms with Gasteiger partial charge < -0.3 is 23.7 Å². The van der Waals surface area contributed by atoms with Gasteiger partial charge in [0.1, 0.15) is 24.6 Å². The van der Waals surface area contributed by atoms with Gasteiger partial charge in [-0.1, -0.05) is 36.4 Å². The lowest BCUT2D eigenvalue weighted by atomic mass is 9.88. The number of hydrogen-bond donors (Lipinski definition) is 0. The molecule has 30 heavy (non-hydrogen) atoms. The predicted molar refractivity (Wildman–Crippen MR) is 124 cm³/mol. The van der Waals surface area contributed by atoms with Crippen LogP contribution in [-0.2, 0) is 30.3 Å². The molecule has 0 spiro atoms. The molecule has 0 aromatic heterocycles. The van der Waals surface area contributed by atoms with Crippen LogP contribution in [0, 0.1) is 0 Å². The van der Waals surface area contributed by atoms with Gasteiger partial charge in [-0.2, -0.15) is 0 Å². The number of methoxy groups -OCH3 is 1. The molecule has 2 aliphatic heterocycles. The minimum Gasteiger partial charge on any atom is -0.370 e. The number of hydrogen-bond acceptors (Lipinski definition) is 7. The summed E-state index contributed by atoms with van der Waals surface area (Å²) in [5.41, 5.74) is 0.277. The molecule has 7 heteroatoms. The second kappa shape index (κ2) is 10.9. The molecular formula is C23H34O5S2. The summed E-state index contributed by atoms with van der Waals surface area (Å²) >= 11 is 3.83. The van der Waals surface area contributed by atoms with E-state index in [9.17, 15) is 0 Å². The zero-order valence-corrected chi connectivity index (χ0v) is 20.0. The van der Waals surface area contributed by atoms with E-state index in [1.165, 1.54) is 6.42 Å². The summed E-state index contributed by atoms with van der Waals surface area (Å²) in [7, 11) is 1.64. The molecule has 5 nitrogen and oxygen atoms in total. The van der Waals surface area contributed by atoms with E-state index in [2.05, 4.69) is 18.7 Å². The van der Waals surface area contributed by atoms with Crippen molar-refractivity contribution in [2.45, 2.75) is 68.1 Å². The van der Waals surface area contributed by atoms with Gasteiger partial charge in [0.2, 0.25) is 0 Å². The van der Waals surface area contributed by atoms with Crippen LogP contribution >= 0.6 is 23.5 Å². The minimum atomic E-state index is -0.838. The van der Waals surface area contributed by atoms with Crippen LogP contribution in [0.5, 0.6) is 0 Å². The summed E-state index contributed by atoms with van der Waals surface area (Å²) in [6.45, 7) is 10.7. The Kier molecular flexibility index (Phi) is 8.72. The molecule has 4 atom stereocenters. The molecule has 0 radical (unpaired) electrons. The first-order valence-corrected chi connectivity index (χ1v) is 12.5. The van der Waals surface area contributed by atoms with Gasteiger partial charge in [-0.15, -0.1) is 30.1 Å². The second-order valence-corrected chi connectivity index (χ2v) is 10.8. The lowest BCUT2D eigenvalue weighted by Crippen LogP contribution is -2.56. The maximum atomic E-state index is 6.50. The Labute approximate surface area is 189 Å². The maximum absolute atomic E-state index is 6.50. The lowest BCUT2D eigenvalue weighted by molar-refractivity contribution is -0.179. The highest BCUT2D eigenvalue weighted by Gasteiger charge is 2.59. The zero-order valence-electron chi connectivity index (χ0n) is 18.4. The molecule has 3 rings (SSSR count). The third-order valence-corrected chi connectivity index (χ3v) is 8.43. The van der Waals surface area contributed by atoms with Crippen molar-refractivity contribution in [3.8, 4) is 0 Å². The quantitative estimate of drug-likeness (QED) is 0.370. The molecule has 2 saturated heterocycles. The first-order chi connectivity index (χ1) is 14.4. The number of ether oxygens (including phenoxy) is 5. The Balaban J connectivity index is 1.85. The summed E-state index contributed by atoms with van der Waals surface area (Å²) in [5, 5.41) is 0. The monoisotopic (exact) mass is 454 g/mol. The lowest BCUT2D eigenvalue weighted by Gasteiger charge is -2.41. The highest BCUT2D eigenvalue weighted by molar-refractivity contribution is 8.17. The molecule has 0 saturated carbocycles. The van der Waals surface area contributed by atoms with Gasteiger partial charge in [-0.3, -0.25) is 0 Å². The molecule has 1 aromatic carbocycles. The van der Waals surface area contributed by atoms with Crippen molar-refractivity contribution in [2.75, 3.05) is 25.4 Å². The Morgan fingerprint density at radius 2 is 1.90 bits per heavy atom. The molecule has 0 aliphatic carbocycles. The standard InChI is InChI=1S/C23H34O5S2/c1-6-23(17(2)25-15-18-11-8-7-9-12-18)20(27-22(3,4)28-23)19(26-16-24-5)21-29-13-10-14-30-21/h6-9,11-12,17,19-21H,1,10,13-16H2,2-5H3/t17-,19+,20+,23-/m1/s1. The van der Waals surface area contributed by atoms with Crippen LogP contribution in [0.15, 0.2) is 43.0 Å². The Morgan fingerprint density at radius 1 is 1.20 bits per heavy atom. The van der Waals surface area contributed by atoms with E-state index in [0.717, 1.165) is 17.1 Å². The molecule has 2 fully saturated rings. The molecule has 0 amide bonds. The van der Waals surface area contributed by atoms with Gasteiger partial charge in [0.15, 0.2) is 5.79 Å². The summed E-state index contributed by atoms with van der Waals surface area (Å²) in [6.07, 6.45) is 2.18. The third-order valence-electron chi connectivity index (χ3n) is 5.37. The average Bonchev–Trinajstić information content (AvgIpc) is 3.05. The van der Waals surface area contributed by atoms with Crippen LogP contribution in [0.2, 0.25) is 0 Å². The number of rotatable bonds is 10. The fraction of sp³-hybridized carbons (Fsp3) is 0.652. The molecule has 0 bridgehead atoms. The van der Waals surface area contributed by atoms with Gasteiger partial charge >= 0.3 is 0 Å². The highest BCUT2D eigenvalue weighted by Crippen LogP contribution is 2.47. The molecule has 0 N–H and O–H groups in total. The van der Waals surface area contributed by atoms with Crippen LogP contribution in [-0.4, -0.2) is 59.7 Å². The van der Waals surface area contributed by atoms with Crippen molar-refractivity contribution < 1.29 is 23.7 Å². The summed E-state index contributed by atoms with van der Waals surface area (Å²) in [6, 6.07) is 10.1. The van der Waals surface area contributed by atoms with Crippen molar-refractivity contribution in [3.05, 3.63) is 48.6 Å². The Bertz CT molecular complexity index is 665. The van der Waals surface area contributed by atoms with Crippen LogP contribution < -0.4 is 0 Å². The molecule has 1 aromatic rings. The summed E-state index contributed by atoms with van der Waals surface area (Å²) < 4.78 is 30.9. The summed E-state index contributed by atoms with van der Waals surface area (Å²) in [5.74, 6) is 1.45. The van der Waals surface area contributed by atoms with Crippen molar-refractivity contribution in [2.24, 2.45) is 0 Å². The Morgan fingerprint density at radius 3 is 2.53 bits per heavy atom. The molecule has 2 aliphatic rings. The van der Waals surface area contributed by atoms with Crippen LogP contribution in [0.25, 0.3) is 0 Å². The average molecular weight is 455 g/mol. The smallest absolute Gasteiger partial charge is 0.164 e. The predicted octanol–water partition coefficient (Wildman–Crippen LogP) is 4.85. The van der Waals surface area contributed by atoms with Crippen molar-refractivity contribution in [1.29, 1.82) is 0 Å². The van der Waals surface area contributed by atoms with Crippen LogP contribution in [0.3, 0.4) is 0 Å². The van der Waals surface area contributed by atoms with E-state index >= 15 is 0 Å². The van der Waals surface area contributed by atoms with E-state index in [1.807, 2.05) is 68.6 Å². The van der Waals surface area contributed by atoms with Gasteiger partial charge in [0.25, 0.3) is 0 Å². The van der Waals surface area contributed by atoms with Crippen molar-refractivity contribution >= 4 is 23.5 Å². The zero-order chi connectivity index (χ0) is 21.6. The van der Waals surface area contributed by atoms with E-state index in [1.54, 1.807) is 7.11 Å². The first-order valence-electron chi connectivity index (χ1n) is 10.4. The minimum absolute atomic E-state index is 0.203. The van der Waals surface area contributed by atoms with E-state index in [0.29, 0.717) is 6.61 Å². The highest BCUT2D eigenvalue weighted by atomic mass is 32.2. The SMILES string of the molecule is C=C[C@]1([C@@H](C)OCc2ccccc2)OC(C)(C)O[C@H]1[C@H](OCOC)C1SCCCS1. The largest absolute Gasteiger partial charge is 0.370 e. The Hall–Kier alpha value is -0.540. The van der Waals surface area contributed by atoms with Gasteiger partial charge in [-0.25, -0.2) is 0 Å². The number of thioether (sulfide) groups is 2. The van der Waals surface area contributed by atoms with Crippen molar-refractivity contribution in [1.82, 2.24) is 0 Å². The fourth-order valence-electron chi connectivity index (χ4n) is 3.94.